The molecule has 108 valence electrons. The maximum absolute atomic E-state index is 11.3. The highest BCUT2D eigenvalue weighted by molar-refractivity contribution is 6.07. The number of nitrogens with one attached hydrogen (secondary N) is 2. The number of fused-ring (bicyclic) bond motifs is 1. The zero-order valence-electron chi connectivity index (χ0n) is 12.1. The SMILES string of the molecule is CCNc1ncnc2cc(C3=NNC(=O)CC3C)ccc12. The van der Waals surface area contributed by atoms with Gasteiger partial charge in [-0.3, -0.25) is 4.79 Å². The van der Waals surface area contributed by atoms with E-state index >= 15 is 0 Å². The number of benzene rings is 1. The Bertz CT molecular complexity index is 725. The molecule has 2 heterocycles. The van der Waals surface area contributed by atoms with Crippen molar-refractivity contribution in [1.29, 1.82) is 0 Å². The first-order valence-electron chi connectivity index (χ1n) is 7.04. The van der Waals surface area contributed by atoms with Gasteiger partial charge in [0, 0.05) is 29.8 Å². The standard InChI is InChI=1S/C15H17N5O/c1-3-16-15-11-5-4-10(7-12(11)17-8-18-15)14-9(2)6-13(21)19-20-14/h4-5,7-9H,3,6H2,1-2H3,(H,19,21)(H,16,17,18). The fourth-order valence-electron chi connectivity index (χ4n) is 2.53. The number of hydrazone groups is 1. The molecule has 2 N–H and O–H groups in total. The van der Waals surface area contributed by atoms with Gasteiger partial charge in [-0.1, -0.05) is 13.0 Å². The van der Waals surface area contributed by atoms with Gasteiger partial charge in [0.25, 0.3) is 0 Å². The van der Waals surface area contributed by atoms with Crippen LogP contribution in [0, 0.1) is 5.92 Å². The molecule has 0 saturated heterocycles. The molecule has 6 nitrogen and oxygen atoms in total. The predicted octanol–water partition coefficient (Wildman–Crippen LogP) is 1.92. The van der Waals surface area contributed by atoms with Crippen LogP contribution < -0.4 is 10.7 Å². The van der Waals surface area contributed by atoms with Crippen LogP contribution in [-0.2, 0) is 4.79 Å². The summed E-state index contributed by atoms with van der Waals surface area (Å²) in [5.74, 6) is 0.899. The van der Waals surface area contributed by atoms with Crippen LogP contribution in [0.1, 0.15) is 25.8 Å². The van der Waals surface area contributed by atoms with Crippen LogP contribution in [0.2, 0.25) is 0 Å². The van der Waals surface area contributed by atoms with Gasteiger partial charge in [-0.15, -0.1) is 0 Å². The Labute approximate surface area is 122 Å². The molecule has 1 aliphatic rings. The molecule has 6 heteroatoms. The quantitative estimate of drug-likeness (QED) is 0.902. The van der Waals surface area contributed by atoms with Gasteiger partial charge in [0.2, 0.25) is 5.91 Å². The lowest BCUT2D eigenvalue weighted by Gasteiger charge is -2.19. The minimum absolute atomic E-state index is 0.0382. The normalized spacial score (nSPS) is 18.3. The van der Waals surface area contributed by atoms with Crippen LogP contribution in [0.4, 0.5) is 5.82 Å². The molecule has 0 radical (unpaired) electrons. The van der Waals surface area contributed by atoms with Crippen molar-refractivity contribution < 1.29 is 4.79 Å². The molecule has 1 amide bonds. The molecule has 1 aliphatic heterocycles. The number of anilines is 1. The molecule has 2 aromatic rings. The second-order valence-electron chi connectivity index (χ2n) is 5.12. The van der Waals surface area contributed by atoms with Crippen LogP contribution in [0.3, 0.4) is 0 Å². The zero-order chi connectivity index (χ0) is 14.8. The Hall–Kier alpha value is -2.50. The molecule has 1 atom stereocenters. The van der Waals surface area contributed by atoms with Crippen molar-refractivity contribution in [3.8, 4) is 0 Å². The topological polar surface area (TPSA) is 79.3 Å². The monoisotopic (exact) mass is 283 g/mol. The molecule has 1 aromatic carbocycles. The van der Waals surface area contributed by atoms with E-state index in [1.165, 1.54) is 0 Å². The van der Waals surface area contributed by atoms with Gasteiger partial charge in [0.15, 0.2) is 0 Å². The summed E-state index contributed by atoms with van der Waals surface area (Å²) >= 11 is 0. The Kier molecular flexibility index (Phi) is 3.51. The number of aromatic nitrogens is 2. The maximum Gasteiger partial charge on any atom is 0.240 e. The van der Waals surface area contributed by atoms with Gasteiger partial charge in [-0.05, 0) is 19.1 Å². The summed E-state index contributed by atoms with van der Waals surface area (Å²) in [7, 11) is 0. The first kappa shape index (κ1) is 13.5. The number of carbonyl (C=O) groups excluding carboxylic acids is 1. The fraction of sp³-hybridized carbons (Fsp3) is 0.333. The van der Waals surface area contributed by atoms with Gasteiger partial charge in [0.05, 0.1) is 11.2 Å². The highest BCUT2D eigenvalue weighted by Crippen LogP contribution is 2.23. The van der Waals surface area contributed by atoms with Crippen LogP contribution >= 0.6 is 0 Å². The Morgan fingerprint density at radius 2 is 2.24 bits per heavy atom. The third kappa shape index (κ3) is 2.56. The van der Waals surface area contributed by atoms with E-state index in [2.05, 4.69) is 25.8 Å². The van der Waals surface area contributed by atoms with E-state index < -0.39 is 0 Å². The number of hydrogen-bond donors (Lipinski definition) is 2. The maximum atomic E-state index is 11.3. The fourth-order valence-corrected chi connectivity index (χ4v) is 2.53. The molecular formula is C15H17N5O. The van der Waals surface area contributed by atoms with Gasteiger partial charge < -0.3 is 5.32 Å². The van der Waals surface area contributed by atoms with E-state index in [1.54, 1.807) is 6.33 Å². The average Bonchev–Trinajstić information content (AvgIpc) is 2.47. The van der Waals surface area contributed by atoms with Gasteiger partial charge in [-0.2, -0.15) is 5.10 Å². The Balaban J connectivity index is 2.04. The van der Waals surface area contributed by atoms with Crippen LogP contribution in [-0.4, -0.2) is 28.1 Å². The van der Waals surface area contributed by atoms with Crippen molar-refractivity contribution in [2.45, 2.75) is 20.3 Å². The minimum Gasteiger partial charge on any atom is -0.370 e. The van der Waals surface area contributed by atoms with Crippen molar-refractivity contribution in [2.75, 3.05) is 11.9 Å². The van der Waals surface area contributed by atoms with Gasteiger partial charge in [-0.25, -0.2) is 15.4 Å². The second kappa shape index (κ2) is 5.47. The van der Waals surface area contributed by atoms with E-state index in [4.69, 9.17) is 0 Å². The lowest BCUT2D eigenvalue weighted by atomic mass is 9.93. The van der Waals surface area contributed by atoms with E-state index in [1.807, 2.05) is 32.0 Å². The number of carbonyl (C=O) groups is 1. The van der Waals surface area contributed by atoms with Crippen LogP contribution in [0.25, 0.3) is 10.9 Å². The van der Waals surface area contributed by atoms with E-state index in [0.717, 1.165) is 34.5 Å². The van der Waals surface area contributed by atoms with Crippen molar-refractivity contribution in [3.63, 3.8) is 0 Å². The Morgan fingerprint density at radius 1 is 1.38 bits per heavy atom. The first-order chi connectivity index (χ1) is 10.2. The van der Waals surface area contributed by atoms with Crippen molar-refractivity contribution in [3.05, 3.63) is 30.1 Å². The lowest BCUT2D eigenvalue weighted by Crippen LogP contribution is -2.31. The lowest BCUT2D eigenvalue weighted by molar-refractivity contribution is -0.121. The molecule has 0 spiro atoms. The molecule has 3 rings (SSSR count). The number of hydrogen-bond acceptors (Lipinski definition) is 5. The third-order valence-electron chi connectivity index (χ3n) is 3.54. The third-order valence-corrected chi connectivity index (χ3v) is 3.54. The highest BCUT2D eigenvalue weighted by Gasteiger charge is 2.21. The zero-order valence-corrected chi connectivity index (χ0v) is 12.1. The molecule has 21 heavy (non-hydrogen) atoms. The molecular weight excluding hydrogens is 266 g/mol. The van der Waals surface area contributed by atoms with Gasteiger partial charge >= 0.3 is 0 Å². The predicted molar refractivity (Wildman–Crippen MR) is 82.2 cm³/mol. The largest absolute Gasteiger partial charge is 0.370 e. The molecule has 1 aromatic heterocycles. The molecule has 0 saturated carbocycles. The minimum atomic E-state index is -0.0382. The summed E-state index contributed by atoms with van der Waals surface area (Å²) in [5, 5.41) is 8.39. The molecule has 1 unspecified atom stereocenters. The van der Waals surface area contributed by atoms with E-state index in [9.17, 15) is 4.79 Å². The summed E-state index contributed by atoms with van der Waals surface area (Å²) < 4.78 is 0. The van der Waals surface area contributed by atoms with Crippen LogP contribution in [0.5, 0.6) is 0 Å². The van der Waals surface area contributed by atoms with E-state index in [0.29, 0.717) is 6.42 Å². The Morgan fingerprint density at radius 3 is 3.00 bits per heavy atom. The van der Waals surface area contributed by atoms with Crippen molar-refractivity contribution >= 4 is 28.3 Å². The average molecular weight is 283 g/mol. The van der Waals surface area contributed by atoms with Crippen LogP contribution in [0.15, 0.2) is 29.6 Å². The summed E-state index contributed by atoms with van der Waals surface area (Å²) in [4.78, 5) is 19.9. The molecule has 0 aliphatic carbocycles. The summed E-state index contributed by atoms with van der Waals surface area (Å²) in [5.41, 5.74) is 5.28. The van der Waals surface area contributed by atoms with Crippen molar-refractivity contribution in [1.82, 2.24) is 15.4 Å². The summed E-state index contributed by atoms with van der Waals surface area (Å²) in [6.45, 7) is 4.85. The van der Waals surface area contributed by atoms with E-state index in [-0.39, 0.29) is 11.8 Å². The van der Waals surface area contributed by atoms with Gasteiger partial charge in [0.1, 0.15) is 12.1 Å². The van der Waals surface area contributed by atoms with Crippen molar-refractivity contribution in [2.24, 2.45) is 11.0 Å². The molecule has 0 fully saturated rings. The molecule has 0 bridgehead atoms. The summed E-state index contributed by atoms with van der Waals surface area (Å²) in [6.07, 6.45) is 2.02. The first-order valence-corrected chi connectivity index (χ1v) is 7.04. The highest BCUT2D eigenvalue weighted by atomic mass is 16.2. The second-order valence-corrected chi connectivity index (χ2v) is 5.12. The number of amides is 1. The number of rotatable bonds is 3. The summed E-state index contributed by atoms with van der Waals surface area (Å²) in [6, 6.07) is 5.98. The smallest absolute Gasteiger partial charge is 0.240 e. The number of nitrogens with zero attached hydrogens (tertiary/aromatic N) is 3.